The Bertz CT molecular complexity index is 762. The maximum Gasteiger partial charge on any atom is 0.227 e. The van der Waals surface area contributed by atoms with Gasteiger partial charge in [-0.2, -0.15) is 5.26 Å². The fourth-order valence-corrected chi connectivity index (χ4v) is 3.07. The van der Waals surface area contributed by atoms with Crippen molar-refractivity contribution in [1.29, 1.82) is 5.26 Å². The van der Waals surface area contributed by atoms with E-state index in [1.54, 1.807) is 6.07 Å². The van der Waals surface area contributed by atoms with Gasteiger partial charge in [-0.05, 0) is 17.7 Å². The summed E-state index contributed by atoms with van der Waals surface area (Å²) in [6.07, 6.45) is 0.467. The van der Waals surface area contributed by atoms with E-state index in [9.17, 15) is 4.79 Å². The third-order valence-electron chi connectivity index (χ3n) is 4.60. The monoisotopic (exact) mass is 349 g/mol. The largest absolute Gasteiger partial charge is 0.491 e. The number of nitriles is 1. The average molecular weight is 349 g/mol. The fraction of sp³-hybridized carbons (Fsp3) is 0.333. The van der Waals surface area contributed by atoms with E-state index in [2.05, 4.69) is 11.0 Å². The normalized spacial score (nSPS) is 14.7. The molecule has 1 saturated heterocycles. The molecule has 1 fully saturated rings. The van der Waals surface area contributed by atoms with E-state index in [1.165, 1.54) is 0 Å². The van der Waals surface area contributed by atoms with Gasteiger partial charge < -0.3 is 9.64 Å². The van der Waals surface area contributed by atoms with Crippen LogP contribution in [0, 0.1) is 11.3 Å². The van der Waals surface area contributed by atoms with Gasteiger partial charge in [-0.15, -0.1) is 0 Å². The minimum Gasteiger partial charge on any atom is -0.491 e. The first-order valence-corrected chi connectivity index (χ1v) is 8.92. The van der Waals surface area contributed by atoms with Crippen LogP contribution < -0.4 is 4.74 Å². The molecule has 1 aliphatic heterocycles. The van der Waals surface area contributed by atoms with Crippen molar-refractivity contribution < 1.29 is 9.53 Å². The summed E-state index contributed by atoms with van der Waals surface area (Å²) in [5, 5.41) is 9.08. The third kappa shape index (κ3) is 4.84. The van der Waals surface area contributed by atoms with Crippen molar-refractivity contribution >= 4 is 5.91 Å². The van der Waals surface area contributed by atoms with Gasteiger partial charge in [-0.25, -0.2) is 0 Å². The Morgan fingerprint density at radius 3 is 2.42 bits per heavy atom. The van der Waals surface area contributed by atoms with E-state index >= 15 is 0 Å². The van der Waals surface area contributed by atoms with Gasteiger partial charge in [0.15, 0.2) is 0 Å². The first-order chi connectivity index (χ1) is 12.8. The quantitative estimate of drug-likeness (QED) is 0.803. The molecule has 0 saturated carbocycles. The van der Waals surface area contributed by atoms with Crippen LogP contribution in [0.3, 0.4) is 0 Å². The summed E-state index contributed by atoms with van der Waals surface area (Å²) < 4.78 is 5.74. The summed E-state index contributed by atoms with van der Waals surface area (Å²) in [4.78, 5) is 16.6. The molecule has 3 rings (SSSR count). The molecule has 5 nitrogen and oxygen atoms in total. The molecule has 0 aromatic heterocycles. The number of para-hydroxylation sites is 1. The molecule has 0 N–H and O–H groups in total. The number of rotatable bonds is 6. The van der Waals surface area contributed by atoms with Crippen LogP contribution in [0.25, 0.3) is 0 Å². The molecule has 134 valence electrons. The number of nitrogens with zero attached hydrogens (tertiary/aromatic N) is 3. The van der Waals surface area contributed by atoms with Crippen LogP contribution in [0.2, 0.25) is 0 Å². The summed E-state index contributed by atoms with van der Waals surface area (Å²) in [5.74, 6) is 0.821. The van der Waals surface area contributed by atoms with E-state index in [0.29, 0.717) is 24.3 Å². The summed E-state index contributed by atoms with van der Waals surface area (Å²) in [7, 11) is 0. The van der Waals surface area contributed by atoms with Crippen LogP contribution in [-0.2, 0) is 11.2 Å². The Morgan fingerprint density at radius 1 is 1.00 bits per heavy atom. The molecular weight excluding hydrogens is 326 g/mol. The van der Waals surface area contributed by atoms with Gasteiger partial charge in [-0.3, -0.25) is 9.69 Å². The van der Waals surface area contributed by atoms with Crippen molar-refractivity contribution in [2.75, 3.05) is 39.3 Å². The molecule has 2 aromatic carbocycles. The molecule has 1 amide bonds. The highest BCUT2D eigenvalue weighted by Crippen LogP contribution is 2.16. The Hall–Kier alpha value is -2.84. The van der Waals surface area contributed by atoms with Crippen molar-refractivity contribution in [2.24, 2.45) is 0 Å². The first kappa shape index (κ1) is 18.0. The second-order valence-corrected chi connectivity index (χ2v) is 6.34. The number of benzene rings is 2. The van der Waals surface area contributed by atoms with Crippen molar-refractivity contribution in [3.8, 4) is 11.8 Å². The lowest BCUT2D eigenvalue weighted by Gasteiger charge is -2.34. The van der Waals surface area contributed by atoms with Crippen molar-refractivity contribution in [3.63, 3.8) is 0 Å². The van der Waals surface area contributed by atoms with Crippen LogP contribution in [0.4, 0.5) is 0 Å². The number of hydrogen-bond donors (Lipinski definition) is 0. The van der Waals surface area contributed by atoms with Crippen LogP contribution in [0.5, 0.6) is 5.75 Å². The van der Waals surface area contributed by atoms with Gasteiger partial charge in [-0.1, -0.05) is 42.5 Å². The van der Waals surface area contributed by atoms with E-state index in [0.717, 1.165) is 38.3 Å². The second kappa shape index (κ2) is 9.02. The zero-order valence-electron chi connectivity index (χ0n) is 14.8. The molecule has 0 aliphatic carbocycles. The smallest absolute Gasteiger partial charge is 0.227 e. The van der Waals surface area contributed by atoms with Crippen LogP contribution in [0.1, 0.15) is 11.1 Å². The van der Waals surface area contributed by atoms with Crippen molar-refractivity contribution in [2.45, 2.75) is 6.42 Å². The molecule has 0 spiro atoms. The lowest BCUT2D eigenvalue weighted by Crippen LogP contribution is -2.49. The predicted molar refractivity (Wildman–Crippen MR) is 99.8 cm³/mol. The molecule has 1 heterocycles. The Kier molecular flexibility index (Phi) is 6.24. The molecule has 5 heteroatoms. The highest BCUT2D eigenvalue weighted by Gasteiger charge is 2.21. The maximum atomic E-state index is 12.4. The standard InChI is InChI=1S/C21H23N3O2/c22-17-19-8-4-5-9-20(19)26-15-14-23-10-12-24(13-11-23)21(25)16-18-6-2-1-3-7-18/h1-9H,10-16H2. The summed E-state index contributed by atoms with van der Waals surface area (Å²) in [6, 6.07) is 19.3. The minimum atomic E-state index is 0.190. The Labute approximate surface area is 154 Å². The lowest BCUT2D eigenvalue weighted by molar-refractivity contribution is -0.132. The van der Waals surface area contributed by atoms with Crippen molar-refractivity contribution in [1.82, 2.24) is 9.80 Å². The van der Waals surface area contributed by atoms with E-state index in [4.69, 9.17) is 10.00 Å². The third-order valence-corrected chi connectivity index (χ3v) is 4.60. The zero-order chi connectivity index (χ0) is 18.2. The fourth-order valence-electron chi connectivity index (χ4n) is 3.07. The number of ether oxygens (including phenoxy) is 1. The highest BCUT2D eigenvalue weighted by atomic mass is 16.5. The maximum absolute atomic E-state index is 12.4. The molecule has 2 aromatic rings. The molecule has 1 aliphatic rings. The predicted octanol–water partition coefficient (Wildman–Crippen LogP) is 2.32. The number of carbonyl (C=O) groups is 1. The number of carbonyl (C=O) groups excluding carboxylic acids is 1. The van der Waals surface area contributed by atoms with Gasteiger partial charge in [0.25, 0.3) is 0 Å². The van der Waals surface area contributed by atoms with Gasteiger partial charge in [0, 0.05) is 32.7 Å². The van der Waals surface area contributed by atoms with Crippen LogP contribution in [-0.4, -0.2) is 55.0 Å². The van der Waals surface area contributed by atoms with E-state index in [-0.39, 0.29) is 5.91 Å². The minimum absolute atomic E-state index is 0.190. The van der Waals surface area contributed by atoms with Gasteiger partial charge in [0.2, 0.25) is 5.91 Å². The summed E-state index contributed by atoms with van der Waals surface area (Å²) in [5.41, 5.74) is 1.62. The second-order valence-electron chi connectivity index (χ2n) is 6.34. The Morgan fingerprint density at radius 2 is 1.69 bits per heavy atom. The molecule has 0 bridgehead atoms. The average Bonchev–Trinajstić information content (AvgIpc) is 2.69. The van der Waals surface area contributed by atoms with Gasteiger partial charge >= 0.3 is 0 Å². The molecule has 0 unspecified atom stereocenters. The molecule has 0 radical (unpaired) electrons. The van der Waals surface area contributed by atoms with E-state index in [1.807, 2.05) is 53.4 Å². The highest BCUT2D eigenvalue weighted by molar-refractivity contribution is 5.78. The van der Waals surface area contributed by atoms with Gasteiger partial charge in [0.1, 0.15) is 18.4 Å². The Balaban J connectivity index is 1.40. The number of hydrogen-bond acceptors (Lipinski definition) is 4. The molecular formula is C21H23N3O2. The molecule has 0 atom stereocenters. The van der Waals surface area contributed by atoms with Gasteiger partial charge in [0.05, 0.1) is 12.0 Å². The van der Waals surface area contributed by atoms with Crippen LogP contribution in [0.15, 0.2) is 54.6 Å². The summed E-state index contributed by atoms with van der Waals surface area (Å²) >= 11 is 0. The van der Waals surface area contributed by atoms with E-state index < -0.39 is 0 Å². The number of amides is 1. The molecule has 26 heavy (non-hydrogen) atoms. The zero-order valence-corrected chi connectivity index (χ0v) is 14.8. The topological polar surface area (TPSA) is 56.6 Å². The summed E-state index contributed by atoms with van der Waals surface area (Å²) in [6.45, 7) is 4.53. The van der Waals surface area contributed by atoms with Crippen LogP contribution >= 0.6 is 0 Å². The lowest BCUT2D eigenvalue weighted by atomic mass is 10.1. The SMILES string of the molecule is N#Cc1ccccc1OCCN1CCN(C(=O)Cc2ccccc2)CC1. The van der Waals surface area contributed by atoms with Crippen molar-refractivity contribution in [3.05, 3.63) is 65.7 Å². The number of piperazine rings is 1. The first-order valence-electron chi connectivity index (χ1n) is 8.92.